The highest BCUT2D eigenvalue weighted by molar-refractivity contribution is 5.80. The molecule has 0 heterocycles. The number of nitrogens with one attached hydrogen (secondary N) is 1. The Balaban J connectivity index is 1.92. The van der Waals surface area contributed by atoms with E-state index in [2.05, 4.69) is 73.8 Å². The van der Waals surface area contributed by atoms with Gasteiger partial charge in [0, 0.05) is 22.6 Å². The third-order valence-corrected chi connectivity index (χ3v) is 3.76. The summed E-state index contributed by atoms with van der Waals surface area (Å²) in [7, 11) is 0. The molecule has 0 spiro atoms. The SMILES string of the molecule is Cc1ccc(Nc2ccc(N)c(-c3ccc(C)cc3)c2)cc1. The van der Waals surface area contributed by atoms with Crippen LogP contribution in [0, 0.1) is 13.8 Å². The quantitative estimate of drug-likeness (QED) is 0.642. The summed E-state index contributed by atoms with van der Waals surface area (Å²) in [6.45, 7) is 4.17. The van der Waals surface area contributed by atoms with Crippen LogP contribution in [-0.4, -0.2) is 0 Å². The lowest BCUT2D eigenvalue weighted by molar-refractivity contribution is 1.45. The van der Waals surface area contributed by atoms with Crippen LogP contribution in [0.5, 0.6) is 0 Å². The summed E-state index contributed by atoms with van der Waals surface area (Å²) in [5.74, 6) is 0. The highest BCUT2D eigenvalue weighted by Gasteiger charge is 2.04. The number of anilines is 3. The van der Waals surface area contributed by atoms with Crippen molar-refractivity contribution in [3.8, 4) is 11.1 Å². The van der Waals surface area contributed by atoms with Crippen molar-refractivity contribution in [3.05, 3.63) is 77.9 Å². The van der Waals surface area contributed by atoms with Crippen LogP contribution in [0.15, 0.2) is 66.7 Å². The van der Waals surface area contributed by atoms with Gasteiger partial charge in [0.25, 0.3) is 0 Å². The smallest absolute Gasteiger partial charge is 0.0395 e. The third-order valence-electron chi connectivity index (χ3n) is 3.76. The Hall–Kier alpha value is -2.74. The van der Waals surface area contributed by atoms with Crippen LogP contribution in [0.25, 0.3) is 11.1 Å². The summed E-state index contributed by atoms with van der Waals surface area (Å²) >= 11 is 0. The minimum Gasteiger partial charge on any atom is -0.398 e. The number of hydrogen-bond donors (Lipinski definition) is 2. The van der Waals surface area contributed by atoms with Crippen molar-refractivity contribution in [2.75, 3.05) is 11.1 Å². The van der Waals surface area contributed by atoms with Gasteiger partial charge in [-0.1, -0.05) is 47.5 Å². The molecule has 0 fully saturated rings. The second-order valence-electron chi connectivity index (χ2n) is 5.66. The van der Waals surface area contributed by atoms with Gasteiger partial charge in [0.2, 0.25) is 0 Å². The molecule has 0 aliphatic heterocycles. The summed E-state index contributed by atoms with van der Waals surface area (Å²) in [6.07, 6.45) is 0. The zero-order valence-electron chi connectivity index (χ0n) is 12.9. The van der Waals surface area contributed by atoms with Crippen LogP contribution in [0.3, 0.4) is 0 Å². The number of aryl methyl sites for hydroxylation is 2. The summed E-state index contributed by atoms with van der Waals surface area (Å²) in [5.41, 5.74) is 13.7. The Morgan fingerprint density at radius 1 is 0.682 bits per heavy atom. The molecule has 0 bridgehead atoms. The average molecular weight is 288 g/mol. The first-order valence-electron chi connectivity index (χ1n) is 7.42. The van der Waals surface area contributed by atoms with Gasteiger partial charge >= 0.3 is 0 Å². The number of nitrogen functional groups attached to an aromatic ring is 1. The molecule has 22 heavy (non-hydrogen) atoms. The first-order chi connectivity index (χ1) is 10.6. The Morgan fingerprint density at radius 2 is 1.23 bits per heavy atom. The molecule has 0 radical (unpaired) electrons. The molecule has 2 heteroatoms. The van der Waals surface area contributed by atoms with Gasteiger partial charge in [0.15, 0.2) is 0 Å². The first kappa shape index (κ1) is 14.2. The summed E-state index contributed by atoms with van der Waals surface area (Å²) < 4.78 is 0. The molecule has 0 saturated carbocycles. The van der Waals surface area contributed by atoms with E-state index in [0.29, 0.717) is 0 Å². The van der Waals surface area contributed by atoms with Crippen molar-refractivity contribution in [1.29, 1.82) is 0 Å². The van der Waals surface area contributed by atoms with Crippen LogP contribution < -0.4 is 11.1 Å². The van der Waals surface area contributed by atoms with Gasteiger partial charge in [0.05, 0.1) is 0 Å². The van der Waals surface area contributed by atoms with E-state index >= 15 is 0 Å². The van der Waals surface area contributed by atoms with E-state index in [1.165, 1.54) is 11.1 Å². The fourth-order valence-corrected chi connectivity index (χ4v) is 2.42. The molecule has 110 valence electrons. The molecule has 0 unspecified atom stereocenters. The lowest BCUT2D eigenvalue weighted by atomic mass is 10.0. The third kappa shape index (κ3) is 3.12. The van der Waals surface area contributed by atoms with E-state index in [-0.39, 0.29) is 0 Å². The van der Waals surface area contributed by atoms with Gasteiger partial charge in [-0.05, 0) is 49.7 Å². The predicted octanol–water partition coefficient (Wildman–Crippen LogP) is 5.30. The zero-order valence-corrected chi connectivity index (χ0v) is 12.9. The van der Waals surface area contributed by atoms with E-state index in [9.17, 15) is 0 Å². The lowest BCUT2D eigenvalue weighted by Crippen LogP contribution is -1.94. The van der Waals surface area contributed by atoms with Crippen molar-refractivity contribution in [1.82, 2.24) is 0 Å². The molecular formula is C20H20N2. The number of hydrogen-bond acceptors (Lipinski definition) is 2. The maximum absolute atomic E-state index is 6.14. The maximum Gasteiger partial charge on any atom is 0.0395 e. The standard InChI is InChI=1S/C20H20N2/c1-14-3-7-16(8-4-14)19-13-18(11-12-20(19)21)22-17-9-5-15(2)6-10-17/h3-13,22H,21H2,1-2H3. The average Bonchev–Trinajstić information content (AvgIpc) is 2.52. The maximum atomic E-state index is 6.14. The van der Waals surface area contributed by atoms with E-state index in [4.69, 9.17) is 5.73 Å². The summed E-state index contributed by atoms with van der Waals surface area (Å²) in [6, 6.07) is 22.8. The molecule has 2 nitrogen and oxygen atoms in total. The van der Waals surface area contributed by atoms with Gasteiger partial charge in [-0.25, -0.2) is 0 Å². The second kappa shape index (κ2) is 5.94. The van der Waals surface area contributed by atoms with Gasteiger partial charge in [-0.15, -0.1) is 0 Å². The van der Waals surface area contributed by atoms with Crippen molar-refractivity contribution >= 4 is 17.1 Å². The van der Waals surface area contributed by atoms with Crippen LogP contribution in [0.4, 0.5) is 17.1 Å². The monoisotopic (exact) mass is 288 g/mol. The highest BCUT2D eigenvalue weighted by Crippen LogP contribution is 2.30. The van der Waals surface area contributed by atoms with Gasteiger partial charge < -0.3 is 11.1 Å². The van der Waals surface area contributed by atoms with Crippen molar-refractivity contribution in [3.63, 3.8) is 0 Å². The van der Waals surface area contributed by atoms with Crippen molar-refractivity contribution in [2.45, 2.75) is 13.8 Å². The molecule has 0 saturated heterocycles. The number of benzene rings is 3. The fourth-order valence-electron chi connectivity index (χ4n) is 2.42. The highest BCUT2D eigenvalue weighted by atomic mass is 14.9. The van der Waals surface area contributed by atoms with Crippen molar-refractivity contribution in [2.24, 2.45) is 0 Å². The normalized spacial score (nSPS) is 10.5. The van der Waals surface area contributed by atoms with Crippen LogP contribution in [-0.2, 0) is 0 Å². The topological polar surface area (TPSA) is 38.0 Å². The van der Waals surface area contributed by atoms with Crippen molar-refractivity contribution < 1.29 is 0 Å². The molecule has 3 aromatic carbocycles. The number of rotatable bonds is 3. The van der Waals surface area contributed by atoms with Gasteiger partial charge in [-0.2, -0.15) is 0 Å². The van der Waals surface area contributed by atoms with Crippen LogP contribution in [0.2, 0.25) is 0 Å². The fraction of sp³-hybridized carbons (Fsp3) is 0.100. The Kier molecular flexibility index (Phi) is 3.84. The molecule has 0 amide bonds. The minimum absolute atomic E-state index is 0.790. The molecule has 0 aliphatic rings. The molecular weight excluding hydrogens is 268 g/mol. The van der Waals surface area contributed by atoms with Crippen LogP contribution in [0.1, 0.15) is 11.1 Å². The van der Waals surface area contributed by atoms with Crippen LogP contribution >= 0.6 is 0 Å². The molecule has 3 rings (SSSR count). The van der Waals surface area contributed by atoms with E-state index in [1.54, 1.807) is 0 Å². The summed E-state index contributed by atoms with van der Waals surface area (Å²) in [4.78, 5) is 0. The first-order valence-corrected chi connectivity index (χ1v) is 7.42. The molecule has 0 aromatic heterocycles. The minimum atomic E-state index is 0.790. The van der Waals surface area contributed by atoms with E-state index in [1.807, 2.05) is 12.1 Å². The Morgan fingerprint density at radius 3 is 1.86 bits per heavy atom. The molecule has 0 atom stereocenters. The lowest BCUT2D eigenvalue weighted by Gasteiger charge is -2.11. The van der Waals surface area contributed by atoms with E-state index < -0.39 is 0 Å². The largest absolute Gasteiger partial charge is 0.398 e. The Labute approximate surface area is 131 Å². The number of nitrogens with two attached hydrogens (primary N) is 1. The Bertz CT molecular complexity index is 772. The second-order valence-corrected chi connectivity index (χ2v) is 5.66. The van der Waals surface area contributed by atoms with E-state index in [0.717, 1.165) is 28.2 Å². The molecule has 3 aromatic rings. The summed E-state index contributed by atoms with van der Waals surface area (Å²) in [5, 5.41) is 3.42. The van der Waals surface area contributed by atoms with Gasteiger partial charge in [0.1, 0.15) is 0 Å². The predicted molar refractivity (Wildman–Crippen MR) is 95.5 cm³/mol. The van der Waals surface area contributed by atoms with Gasteiger partial charge in [-0.3, -0.25) is 0 Å². The molecule has 0 aliphatic carbocycles. The molecule has 3 N–H and O–H groups in total. The zero-order chi connectivity index (χ0) is 15.5.